The Morgan fingerprint density at radius 3 is 2.50 bits per heavy atom. The van der Waals surface area contributed by atoms with Gasteiger partial charge in [0.1, 0.15) is 11.5 Å². The molecule has 18 heavy (non-hydrogen) atoms. The largest absolute Gasteiger partial charge is 0.456 e. The van der Waals surface area contributed by atoms with Crippen LogP contribution in [-0.4, -0.2) is 13.4 Å². The van der Waals surface area contributed by atoms with Crippen molar-refractivity contribution in [3.05, 3.63) is 48.5 Å². The molecule has 2 aromatic carbocycles. The van der Waals surface area contributed by atoms with Crippen LogP contribution < -0.4 is 10.2 Å². The molecule has 0 saturated carbocycles. The highest BCUT2D eigenvalue weighted by Gasteiger charge is 2.05. The topological polar surface area (TPSA) is 30.5 Å². The minimum absolute atomic E-state index is 0.834. The lowest BCUT2D eigenvalue weighted by Crippen LogP contribution is -1.96. The van der Waals surface area contributed by atoms with Gasteiger partial charge in [-0.1, -0.05) is 18.2 Å². The highest BCUT2D eigenvalue weighted by Crippen LogP contribution is 2.33. The SMILES string of the molecule is CONc1ccc(Oc2ccccc2)c(SC)c1. The zero-order valence-electron chi connectivity index (χ0n) is 10.3. The molecule has 0 saturated heterocycles. The Morgan fingerprint density at radius 1 is 1.06 bits per heavy atom. The third kappa shape index (κ3) is 3.18. The fourth-order valence-corrected chi connectivity index (χ4v) is 2.10. The summed E-state index contributed by atoms with van der Waals surface area (Å²) in [5.41, 5.74) is 3.71. The van der Waals surface area contributed by atoms with Crippen molar-refractivity contribution in [2.24, 2.45) is 0 Å². The first-order chi connectivity index (χ1) is 8.83. The molecule has 0 aliphatic carbocycles. The van der Waals surface area contributed by atoms with Crippen molar-refractivity contribution in [3.8, 4) is 11.5 Å². The lowest BCUT2D eigenvalue weighted by molar-refractivity contribution is 0.271. The van der Waals surface area contributed by atoms with E-state index in [0.29, 0.717) is 0 Å². The van der Waals surface area contributed by atoms with Crippen LogP contribution in [0.15, 0.2) is 53.4 Å². The molecule has 94 valence electrons. The van der Waals surface area contributed by atoms with E-state index in [1.807, 2.05) is 54.8 Å². The maximum Gasteiger partial charge on any atom is 0.141 e. The summed E-state index contributed by atoms with van der Waals surface area (Å²) in [6, 6.07) is 15.6. The molecule has 0 bridgehead atoms. The van der Waals surface area contributed by atoms with Gasteiger partial charge in [0.05, 0.1) is 17.7 Å². The second-order valence-electron chi connectivity index (χ2n) is 3.59. The average molecular weight is 261 g/mol. The molecular formula is C14H15NO2S. The van der Waals surface area contributed by atoms with Crippen LogP contribution in [0.3, 0.4) is 0 Å². The standard InChI is InChI=1S/C14H15NO2S/c1-16-15-11-8-9-13(14(10-11)18-2)17-12-6-4-3-5-7-12/h3-10,15H,1-2H3. The molecule has 0 unspecified atom stereocenters. The lowest BCUT2D eigenvalue weighted by Gasteiger charge is -2.11. The van der Waals surface area contributed by atoms with Gasteiger partial charge in [0.2, 0.25) is 0 Å². The summed E-state index contributed by atoms with van der Waals surface area (Å²) in [4.78, 5) is 5.94. The summed E-state index contributed by atoms with van der Waals surface area (Å²) >= 11 is 1.63. The molecule has 2 rings (SSSR count). The third-order valence-corrected chi connectivity index (χ3v) is 3.11. The number of benzene rings is 2. The van der Waals surface area contributed by atoms with Gasteiger partial charge in [0, 0.05) is 0 Å². The number of anilines is 1. The quantitative estimate of drug-likeness (QED) is 0.646. The Hall–Kier alpha value is -1.65. The summed E-state index contributed by atoms with van der Waals surface area (Å²) in [6.45, 7) is 0. The highest BCUT2D eigenvalue weighted by molar-refractivity contribution is 7.98. The van der Waals surface area contributed by atoms with Crippen LogP contribution in [0.5, 0.6) is 11.5 Å². The molecule has 0 atom stereocenters. The normalized spacial score (nSPS) is 10.1. The zero-order valence-corrected chi connectivity index (χ0v) is 11.2. The van der Waals surface area contributed by atoms with Gasteiger partial charge in [0.15, 0.2) is 0 Å². The van der Waals surface area contributed by atoms with E-state index >= 15 is 0 Å². The van der Waals surface area contributed by atoms with Crippen molar-refractivity contribution < 1.29 is 9.57 Å². The average Bonchev–Trinajstić information content (AvgIpc) is 2.42. The van der Waals surface area contributed by atoms with Crippen molar-refractivity contribution in [2.75, 3.05) is 18.8 Å². The number of ether oxygens (including phenoxy) is 1. The van der Waals surface area contributed by atoms with Gasteiger partial charge in [-0.05, 0) is 36.6 Å². The minimum atomic E-state index is 0.834. The van der Waals surface area contributed by atoms with Crippen molar-refractivity contribution >= 4 is 17.4 Å². The molecule has 0 aromatic heterocycles. The molecule has 4 heteroatoms. The molecule has 0 aliphatic rings. The van der Waals surface area contributed by atoms with Crippen molar-refractivity contribution in [1.29, 1.82) is 0 Å². The first-order valence-corrected chi connectivity index (χ1v) is 6.76. The van der Waals surface area contributed by atoms with E-state index in [1.54, 1.807) is 18.9 Å². The van der Waals surface area contributed by atoms with E-state index in [0.717, 1.165) is 22.1 Å². The molecule has 0 radical (unpaired) electrons. The van der Waals surface area contributed by atoms with Crippen LogP contribution in [0, 0.1) is 0 Å². The second kappa shape index (κ2) is 6.33. The maximum absolute atomic E-state index is 5.84. The van der Waals surface area contributed by atoms with Crippen molar-refractivity contribution in [2.45, 2.75) is 4.90 Å². The molecule has 0 heterocycles. The Labute approximate surface area is 111 Å². The number of hydrogen-bond donors (Lipinski definition) is 1. The van der Waals surface area contributed by atoms with Crippen LogP contribution in [-0.2, 0) is 4.84 Å². The van der Waals surface area contributed by atoms with Gasteiger partial charge >= 0.3 is 0 Å². The van der Waals surface area contributed by atoms with Crippen LogP contribution in [0.25, 0.3) is 0 Å². The fourth-order valence-electron chi connectivity index (χ4n) is 1.55. The predicted molar refractivity (Wildman–Crippen MR) is 75.4 cm³/mol. The Morgan fingerprint density at radius 2 is 1.83 bits per heavy atom. The van der Waals surface area contributed by atoms with Gasteiger partial charge < -0.3 is 4.74 Å². The first kappa shape index (κ1) is 12.8. The van der Waals surface area contributed by atoms with E-state index in [4.69, 9.17) is 9.57 Å². The monoisotopic (exact) mass is 261 g/mol. The number of rotatable bonds is 5. The number of nitrogens with one attached hydrogen (secondary N) is 1. The van der Waals surface area contributed by atoms with Crippen LogP contribution >= 0.6 is 11.8 Å². The van der Waals surface area contributed by atoms with E-state index < -0.39 is 0 Å². The third-order valence-electron chi connectivity index (χ3n) is 2.35. The molecule has 2 aromatic rings. The summed E-state index contributed by atoms with van der Waals surface area (Å²) < 4.78 is 5.84. The summed E-state index contributed by atoms with van der Waals surface area (Å²) in [6.07, 6.45) is 2.02. The number of thioether (sulfide) groups is 1. The Kier molecular flexibility index (Phi) is 4.50. The van der Waals surface area contributed by atoms with E-state index in [2.05, 4.69) is 5.48 Å². The maximum atomic E-state index is 5.84. The second-order valence-corrected chi connectivity index (χ2v) is 4.44. The van der Waals surface area contributed by atoms with Gasteiger partial charge in [-0.2, -0.15) is 0 Å². The minimum Gasteiger partial charge on any atom is -0.456 e. The smallest absolute Gasteiger partial charge is 0.141 e. The van der Waals surface area contributed by atoms with Crippen LogP contribution in [0.2, 0.25) is 0 Å². The van der Waals surface area contributed by atoms with Gasteiger partial charge in [-0.15, -0.1) is 11.8 Å². The van der Waals surface area contributed by atoms with E-state index in [9.17, 15) is 0 Å². The number of hydrogen-bond acceptors (Lipinski definition) is 4. The predicted octanol–water partition coefficient (Wildman–Crippen LogP) is 4.17. The van der Waals surface area contributed by atoms with Gasteiger partial charge in [-0.3, -0.25) is 10.3 Å². The molecular weight excluding hydrogens is 246 g/mol. The first-order valence-electron chi connectivity index (χ1n) is 5.53. The van der Waals surface area contributed by atoms with Gasteiger partial charge in [0.25, 0.3) is 0 Å². The molecule has 3 nitrogen and oxygen atoms in total. The van der Waals surface area contributed by atoms with E-state index in [-0.39, 0.29) is 0 Å². The molecule has 0 amide bonds. The Balaban J connectivity index is 2.22. The summed E-state index contributed by atoms with van der Waals surface area (Å²) in [5.74, 6) is 1.68. The Bertz CT molecular complexity index is 502. The number of para-hydroxylation sites is 1. The van der Waals surface area contributed by atoms with Crippen LogP contribution in [0.4, 0.5) is 5.69 Å². The van der Waals surface area contributed by atoms with Crippen molar-refractivity contribution in [1.82, 2.24) is 0 Å². The zero-order chi connectivity index (χ0) is 12.8. The lowest BCUT2D eigenvalue weighted by atomic mass is 10.3. The fraction of sp³-hybridized carbons (Fsp3) is 0.143. The summed E-state index contributed by atoms with van der Waals surface area (Å²) in [5, 5.41) is 0. The van der Waals surface area contributed by atoms with E-state index in [1.165, 1.54) is 0 Å². The van der Waals surface area contributed by atoms with Crippen molar-refractivity contribution in [3.63, 3.8) is 0 Å². The summed E-state index contributed by atoms with van der Waals surface area (Å²) in [7, 11) is 1.59. The molecule has 1 N–H and O–H groups in total. The highest BCUT2D eigenvalue weighted by atomic mass is 32.2. The van der Waals surface area contributed by atoms with Gasteiger partial charge in [-0.25, -0.2) is 0 Å². The molecule has 0 fully saturated rings. The van der Waals surface area contributed by atoms with Crippen LogP contribution in [0.1, 0.15) is 0 Å². The molecule has 0 spiro atoms. The molecule has 0 aliphatic heterocycles.